The molecule has 0 atom stereocenters. The number of amides is 1. The Kier molecular flexibility index (Phi) is 7.08. The van der Waals surface area contributed by atoms with Gasteiger partial charge in [0.1, 0.15) is 0 Å². The third-order valence-electron chi connectivity index (χ3n) is 5.37. The molecule has 1 fully saturated rings. The molecule has 1 aliphatic heterocycles. The number of carbonyl (C=O) groups excluding carboxylic acids is 1. The highest BCUT2D eigenvalue weighted by atomic mass is 79.9. The molecule has 2 aromatic rings. The minimum Gasteiger partial charge on any atom is -0.494 e. The molecule has 1 aliphatic rings. The van der Waals surface area contributed by atoms with E-state index in [1.54, 1.807) is 12.1 Å². The summed E-state index contributed by atoms with van der Waals surface area (Å²) < 4.78 is 25.3. The Labute approximate surface area is 173 Å². The molecule has 1 saturated heterocycles. The van der Waals surface area contributed by atoms with Crippen LogP contribution >= 0.6 is 15.9 Å². The Bertz CT molecular complexity index is 821. The van der Waals surface area contributed by atoms with Crippen molar-refractivity contribution in [1.29, 1.82) is 0 Å². The molecular formula is C22H25BrFNO3. The average molecular weight is 450 g/mol. The van der Waals surface area contributed by atoms with Crippen molar-refractivity contribution in [2.24, 2.45) is 0 Å². The third-order valence-corrected chi connectivity index (χ3v) is 5.86. The number of benzene rings is 2. The van der Waals surface area contributed by atoms with Gasteiger partial charge in [-0.05, 0) is 54.7 Å². The summed E-state index contributed by atoms with van der Waals surface area (Å²) in [6.07, 6.45) is 2.54. The Balaban J connectivity index is 1.60. The number of aryl methyl sites for hydroxylation is 1. The normalized spacial score (nSPS) is 15.8. The number of ether oxygens (including phenoxy) is 2. The molecule has 0 radical (unpaired) electrons. The van der Waals surface area contributed by atoms with Crippen molar-refractivity contribution in [1.82, 2.24) is 5.32 Å². The lowest BCUT2D eigenvalue weighted by molar-refractivity contribution is -0.121. The van der Waals surface area contributed by atoms with Gasteiger partial charge in [0.05, 0.1) is 7.11 Å². The summed E-state index contributed by atoms with van der Waals surface area (Å²) in [7, 11) is 1.43. The number of nitrogens with one attached hydrogen (secondary N) is 1. The highest BCUT2D eigenvalue weighted by Gasteiger charge is 2.34. The van der Waals surface area contributed by atoms with E-state index in [9.17, 15) is 9.18 Å². The van der Waals surface area contributed by atoms with E-state index in [-0.39, 0.29) is 17.1 Å². The molecule has 0 bridgehead atoms. The van der Waals surface area contributed by atoms with E-state index in [1.807, 2.05) is 12.1 Å². The van der Waals surface area contributed by atoms with Gasteiger partial charge in [-0.3, -0.25) is 4.79 Å². The molecule has 6 heteroatoms. The van der Waals surface area contributed by atoms with E-state index in [2.05, 4.69) is 33.4 Å². The Morgan fingerprint density at radius 1 is 1.25 bits per heavy atom. The SMILES string of the molecule is COc1ccc(CCC(=O)NCC2(c3cccc(Br)c3)CCOCC2)cc1F. The van der Waals surface area contributed by atoms with E-state index in [4.69, 9.17) is 9.47 Å². The predicted molar refractivity (Wildman–Crippen MR) is 110 cm³/mol. The molecule has 1 amide bonds. The van der Waals surface area contributed by atoms with Gasteiger partial charge < -0.3 is 14.8 Å². The topological polar surface area (TPSA) is 47.6 Å². The molecule has 4 nitrogen and oxygen atoms in total. The van der Waals surface area contributed by atoms with Crippen molar-refractivity contribution in [3.63, 3.8) is 0 Å². The standard InChI is InChI=1S/C22H25BrFNO3/c1-27-20-7-5-16(13-19(20)24)6-8-21(26)25-15-22(9-11-28-12-10-22)17-3-2-4-18(23)14-17/h2-5,7,13-14H,6,8-12,15H2,1H3,(H,25,26). The second-order valence-electron chi connectivity index (χ2n) is 7.15. The van der Waals surface area contributed by atoms with E-state index >= 15 is 0 Å². The van der Waals surface area contributed by atoms with Gasteiger partial charge in [0.25, 0.3) is 0 Å². The monoisotopic (exact) mass is 449 g/mol. The molecule has 2 aromatic carbocycles. The lowest BCUT2D eigenvalue weighted by atomic mass is 9.74. The number of halogens is 2. The van der Waals surface area contributed by atoms with Gasteiger partial charge in [0, 0.05) is 36.1 Å². The fraction of sp³-hybridized carbons (Fsp3) is 0.409. The largest absolute Gasteiger partial charge is 0.494 e. The number of hydrogen-bond donors (Lipinski definition) is 1. The van der Waals surface area contributed by atoms with Crippen LogP contribution in [0.15, 0.2) is 46.9 Å². The van der Waals surface area contributed by atoms with Gasteiger partial charge in [0.15, 0.2) is 11.6 Å². The second kappa shape index (κ2) is 9.52. The number of hydrogen-bond acceptors (Lipinski definition) is 3. The maximum atomic E-state index is 13.8. The number of carbonyl (C=O) groups is 1. The van der Waals surface area contributed by atoms with Crippen molar-refractivity contribution in [3.05, 3.63) is 63.9 Å². The zero-order valence-electron chi connectivity index (χ0n) is 16.0. The molecule has 1 heterocycles. The highest BCUT2D eigenvalue weighted by molar-refractivity contribution is 9.10. The summed E-state index contributed by atoms with van der Waals surface area (Å²) in [4.78, 5) is 12.4. The van der Waals surface area contributed by atoms with Gasteiger partial charge in [-0.15, -0.1) is 0 Å². The molecule has 0 saturated carbocycles. The average Bonchev–Trinajstić information content (AvgIpc) is 2.71. The Hall–Kier alpha value is -1.92. The zero-order valence-corrected chi connectivity index (χ0v) is 17.6. The van der Waals surface area contributed by atoms with Crippen molar-refractivity contribution < 1.29 is 18.7 Å². The first kappa shape index (κ1) is 20.8. The van der Waals surface area contributed by atoms with Crippen LogP contribution in [0.1, 0.15) is 30.4 Å². The van der Waals surface area contributed by atoms with Crippen molar-refractivity contribution in [2.45, 2.75) is 31.1 Å². The second-order valence-corrected chi connectivity index (χ2v) is 8.06. The van der Waals surface area contributed by atoms with Gasteiger partial charge in [-0.25, -0.2) is 4.39 Å². The van der Waals surface area contributed by atoms with E-state index in [0.29, 0.717) is 32.6 Å². The van der Waals surface area contributed by atoms with Crippen LogP contribution in [0.3, 0.4) is 0 Å². The summed E-state index contributed by atoms with van der Waals surface area (Å²) in [5.41, 5.74) is 1.87. The van der Waals surface area contributed by atoms with Crippen LogP contribution in [0.2, 0.25) is 0 Å². The van der Waals surface area contributed by atoms with Crippen LogP contribution < -0.4 is 10.1 Å². The molecule has 0 spiro atoms. The van der Waals surface area contributed by atoms with Crippen LogP contribution in [0.25, 0.3) is 0 Å². The minimum absolute atomic E-state index is 0.0305. The van der Waals surface area contributed by atoms with Gasteiger partial charge in [0.2, 0.25) is 5.91 Å². The van der Waals surface area contributed by atoms with Crippen LogP contribution in [0.5, 0.6) is 5.75 Å². The molecule has 3 rings (SSSR count). The third kappa shape index (κ3) is 5.11. The minimum atomic E-state index is -0.406. The van der Waals surface area contributed by atoms with E-state index in [0.717, 1.165) is 22.9 Å². The summed E-state index contributed by atoms with van der Waals surface area (Å²) in [5, 5.41) is 3.09. The molecule has 150 valence electrons. The quantitative estimate of drug-likeness (QED) is 0.681. The maximum Gasteiger partial charge on any atom is 0.220 e. The first-order valence-corrected chi connectivity index (χ1v) is 10.2. The lowest BCUT2D eigenvalue weighted by Gasteiger charge is -2.38. The molecule has 0 aromatic heterocycles. The number of methoxy groups -OCH3 is 1. The Morgan fingerprint density at radius 3 is 2.71 bits per heavy atom. The summed E-state index contributed by atoms with van der Waals surface area (Å²) in [6.45, 7) is 1.95. The van der Waals surface area contributed by atoms with E-state index in [1.165, 1.54) is 18.7 Å². The summed E-state index contributed by atoms with van der Waals surface area (Å²) >= 11 is 3.54. The lowest BCUT2D eigenvalue weighted by Crippen LogP contribution is -2.44. The van der Waals surface area contributed by atoms with Gasteiger partial charge in [-0.2, -0.15) is 0 Å². The molecule has 28 heavy (non-hydrogen) atoms. The number of rotatable bonds is 7. The van der Waals surface area contributed by atoms with Crippen LogP contribution in [0, 0.1) is 5.82 Å². The molecule has 0 aliphatic carbocycles. The fourth-order valence-electron chi connectivity index (χ4n) is 3.63. The van der Waals surface area contributed by atoms with Crippen molar-refractivity contribution >= 4 is 21.8 Å². The van der Waals surface area contributed by atoms with Crippen LogP contribution in [0.4, 0.5) is 4.39 Å². The Morgan fingerprint density at radius 2 is 2.04 bits per heavy atom. The smallest absolute Gasteiger partial charge is 0.220 e. The van der Waals surface area contributed by atoms with Gasteiger partial charge in [-0.1, -0.05) is 34.1 Å². The first-order valence-electron chi connectivity index (χ1n) is 9.45. The van der Waals surface area contributed by atoms with Crippen LogP contribution in [-0.4, -0.2) is 32.8 Å². The molecular weight excluding hydrogens is 425 g/mol. The summed E-state index contributed by atoms with van der Waals surface area (Å²) in [5.74, 6) is -0.225. The predicted octanol–water partition coefficient (Wildman–Crippen LogP) is 4.39. The zero-order chi connectivity index (χ0) is 20.0. The maximum absolute atomic E-state index is 13.8. The fourth-order valence-corrected chi connectivity index (χ4v) is 4.03. The molecule has 1 N–H and O–H groups in total. The van der Waals surface area contributed by atoms with Crippen molar-refractivity contribution in [2.75, 3.05) is 26.9 Å². The van der Waals surface area contributed by atoms with Gasteiger partial charge >= 0.3 is 0 Å². The first-order chi connectivity index (χ1) is 13.5. The molecule has 0 unspecified atom stereocenters. The van der Waals surface area contributed by atoms with Crippen LogP contribution in [-0.2, 0) is 21.4 Å². The van der Waals surface area contributed by atoms with E-state index < -0.39 is 5.82 Å². The van der Waals surface area contributed by atoms with Crippen molar-refractivity contribution in [3.8, 4) is 5.75 Å². The highest BCUT2D eigenvalue weighted by Crippen LogP contribution is 2.35. The summed E-state index contributed by atoms with van der Waals surface area (Å²) in [6, 6.07) is 13.1.